The molecule has 2 atom stereocenters. The second kappa shape index (κ2) is 7.12. The number of aryl methyl sites for hydroxylation is 2. The van der Waals surface area contributed by atoms with Crippen molar-refractivity contribution in [3.05, 3.63) is 28.8 Å². The van der Waals surface area contributed by atoms with Crippen LogP contribution in [0.5, 0.6) is 5.75 Å². The summed E-state index contributed by atoms with van der Waals surface area (Å²) in [6, 6.07) is 5.09. The Morgan fingerprint density at radius 2 is 1.95 bits per heavy atom. The fourth-order valence-corrected chi connectivity index (χ4v) is 3.63. The van der Waals surface area contributed by atoms with Crippen molar-refractivity contribution in [3.8, 4) is 5.75 Å². The SMILES string of the molecule is CCCNC1CCCCC1c1c(C)cc(C)cc1OC. The minimum atomic E-state index is 0.603. The molecule has 2 rings (SSSR count). The lowest BCUT2D eigenvalue weighted by Crippen LogP contribution is -2.38. The van der Waals surface area contributed by atoms with Crippen LogP contribution in [0.15, 0.2) is 12.1 Å². The van der Waals surface area contributed by atoms with E-state index < -0.39 is 0 Å². The molecule has 1 aliphatic carbocycles. The molecule has 2 unspecified atom stereocenters. The minimum absolute atomic E-state index is 0.603. The van der Waals surface area contributed by atoms with Crippen molar-refractivity contribution < 1.29 is 4.74 Å². The van der Waals surface area contributed by atoms with Gasteiger partial charge in [-0.1, -0.05) is 25.8 Å². The zero-order valence-electron chi connectivity index (χ0n) is 13.5. The monoisotopic (exact) mass is 275 g/mol. The van der Waals surface area contributed by atoms with Crippen LogP contribution in [0.25, 0.3) is 0 Å². The first-order valence-electron chi connectivity index (χ1n) is 8.05. The third-order valence-corrected chi connectivity index (χ3v) is 4.51. The Balaban J connectivity index is 2.31. The fourth-order valence-electron chi connectivity index (χ4n) is 3.63. The van der Waals surface area contributed by atoms with Gasteiger partial charge in [0.2, 0.25) is 0 Å². The summed E-state index contributed by atoms with van der Waals surface area (Å²) in [6.45, 7) is 7.74. The highest BCUT2D eigenvalue weighted by Gasteiger charge is 2.29. The lowest BCUT2D eigenvalue weighted by Gasteiger charge is -2.34. The van der Waals surface area contributed by atoms with Gasteiger partial charge in [-0.05, 0) is 56.8 Å². The molecule has 112 valence electrons. The summed E-state index contributed by atoms with van der Waals surface area (Å²) in [5.74, 6) is 1.68. The molecule has 2 nitrogen and oxygen atoms in total. The van der Waals surface area contributed by atoms with Crippen LogP contribution in [-0.4, -0.2) is 19.7 Å². The number of nitrogens with one attached hydrogen (secondary N) is 1. The highest BCUT2D eigenvalue weighted by molar-refractivity contribution is 5.46. The molecule has 20 heavy (non-hydrogen) atoms. The second-order valence-corrected chi connectivity index (χ2v) is 6.15. The van der Waals surface area contributed by atoms with E-state index >= 15 is 0 Å². The van der Waals surface area contributed by atoms with Crippen LogP contribution >= 0.6 is 0 Å². The van der Waals surface area contributed by atoms with Crippen molar-refractivity contribution in [1.82, 2.24) is 5.32 Å². The van der Waals surface area contributed by atoms with Gasteiger partial charge < -0.3 is 10.1 Å². The quantitative estimate of drug-likeness (QED) is 0.863. The number of methoxy groups -OCH3 is 1. The molecule has 0 saturated heterocycles. The predicted octanol–water partition coefficient (Wildman–Crippen LogP) is 4.34. The van der Waals surface area contributed by atoms with Crippen molar-refractivity contribution >= 4 is 0 Å². The Kier molecular flexibility index (Phi) is 5.47. The van der Waals surface area contributed by atoms with Gasteiger partial charge in [0.25, 0.3) is 0 Å². The molecule has 1 fully saturated rings. The molecule has 0 bridgehead atoms. The minimum Gasteiger partial charge on any atom is -0.496 e. The number of ether oxygens (including phenoxy) is 1. The molecule has 0 radical (unpaired) electrons. The summed E-state index contributed by atoms with van der Waals surface area (Å²) in [5.41, 5.74) is 4.11. The van der Waals surface area contributed by atoms with Crippen LogP contribution in [0.4, 0.5) is 0 Å². The van der Waals surface area contributed by atoms with Gasteiger partial charge in [0.05, 0.1) is 7.11 Å². The van der Waals surface area contributed by atoms with Crippen LogP contribution in [0.1, 0.15) is 61.6 Å². The Morgan fingerprint density at radius 1 is 1.20 bits per heavy atom. The molecule has 0 aromatic heterocycles. The summed E-state index contributed by atoms with van der Waals surface area (Å²) >= 11 is 0. The molecule has 2 heteroatoms. The van der Waals surface area contributed by atoms with Crippen molar-refractivity contribution in [3.63, 3.8) is 0 Å². The number of hydrogen-bond acceptors (Lipinski definition) is 2. The van der Waals surface area contributed by atoms with E-state index in [2.05, 4.69) is 38.2 Å². The zero-order chi connectivity index (χ0) is 14.5. The molecular weight excluding hydrogens is 246 g/mol. The molecule has 0 amide bonds. The van der Waals surface area contributed by atoms with Crippen LogP contribution in [-0.2, 0) is 0 Å². The maximum Gasteiger partial charge on any atom is 0.122 e. The first-order chi connectivity index (χ1) is 9.67. The van der Waals surface area contributed by atoms with E-state index in [-0.39, 0.29) is 0 Å². The van der Waals surface area contributed by atoms with Gasteiger partial charge >= 0.3 is 0 Å². The largest absolute Gasteiger partial charge is 0.496 e. The van der Waals surface area contributed by atoms with Crippen molar-refractivity contribution in [2.45, 2.75) is 64.8 Å². The second-order valence-electron chi connectivity index (χ2n) is 6.15. The lowest BCUT2D eigenvalue weighted by molar-refractivity contribution is 0.316. The van der Waals surface area contributed by atoms with Crippen LogP contribution in [0.3, 0.4) is 0 Å². The standard InChI is InChI=1S/C18H29NO/c1-5-10-19-16-9-7-6-8-15(16)18-14(3)11-13(2)12-17(18)20-4/h11-12,15-16,19H,5-10H2,1-4H3. The molecular formula is C18H29NO. The third kappa shape index (κ3) is 3.35. The van der Waals surface area contributed by atoms with Gasteiger partial charge in [-0.15, -0.1) is 0 Å². The molecule has 0 heterocycles. The molecule has 1 aromatic carbocycles. The summed E-state index contributed by atoms with van der Waals surface area (Å²) < 4.78 is 5.69. The lowest BCUT2D eigenvalue weighted by atomic mass is 9.77. The van der Waals surface area contributed by atoms with Gasteiger partial charge in [0.1, 0.15) is 5.75 Å². The fraction of sp³-hybridized carbons (Fsp3) is 0.667. The normalized spacial score (nSPS) is 22.8. The zero-order valence-corrected chi connectivity index (χ0v) is 13.5. The van der Waals surface area contributed by atoms with Crippen molar-refractivity contribution in [2.75, 3.05) is 13.7 Å². The van der Waals surface area contributed by atoms with E-state index in [1.165, 1.54) is 48.8 Å². The summed E-state index contributed by atoms with van der Waals surface area (Å²) in [4.78, 5) is 0. The Bertz CT molecular complexity index is 441. The van der Waals surface area contributed by atoms with Gasteiger partial charge in [0, 0.05) is 17.5 Å². The predicted molar refractivity (Wildman–Crippen MR) is 85.8 cm³/mol. The van der Waals surface area contributed by atoms with Crippen LogP contribution < -0.4 is 10.1 Å². The van der Waals surface area contributed by atoms with Gasteiger partial charge in [-0.2, -0.15) is 0 Å². The van der Waals surface area contributed by atoms with E-state index in [0.717, 1.165) is 12.3 Å². The van der Waals surface area contributed by atoms with E-state index in [0.29, 0.717) is 12.0 Å². The maximum absolute atomic E-state index is 5.69. The molecule has 0 spiro atoms. The molecule has 1 N–H and O–H groups in total. The van der Waals surface area contributed by atoms with Gasteiger partial charge in [-0.3, -0.25) is 0 Å². The number of benzene rings is 1. The molecule has 1 aliphatic rings. The highest BCUT2D eigenvalue weighted by Crippen LogP contribution is 2.40. The van der Waals surface area contributed by atoms with Crippen molar-refractivity contribution in [1.29, 1.82) is 0 Å². The Hall–Kier alpha value is -1.02. The van der Waals surface area contributed by atoms with Gasteiger partial charge in [0.15, 0.2) is 0 Å². The van der Waals surface area contributed by atoms with E-state index in [1.807, 2.05) is 0 Å². The van der Waals surface area contributed by atoms with E-state index in [4.69, 9.17) is 4.74 Å². The smallest absolute Gasteiger partial charge is 0.122 e. The van der Waals surface area contributed by atoms with Crippen LogP contribution in [0.2, 0.25) is 0 Å². The Labute approximate surface area is 123 Å². The molecule has 1 aromatic rings. The maximum atomic E-state index is 5.69. The molecule has 1 saturated carbocycles. The van der Waals surface area contributed by atoms with Crippen molar-refractivity contribution in [2.24, 2.45) is 0 Å². The average molecular weight is 275 g/mol. The topological polar surface area (TPSA) is 21.3 Å². The van der Waals surface area contributed by atoms with E-state index in [1.54, 1.807) is 7.11 Å². The number of rotatable bonds is 5. The average Bonchev–Trinajstić information content (AvgIpc) is 2.45. The Morgan fingerprint density at radius 3 is 2.65 bits per heavy atom. The summed E-state index contributed by atoms with van der Waals surface area (Å²) in [5, 5.41) is 3.76. The van der Waals surface area contributed by atoms with Crippen LogP contribution in [0, 0.1) is 13.8 Å². The summed E-state index contributed by atoms with van der Waals surface area (Å²) in [7, 11) is 1.80. The third-order valence-electron chi connectivity index (χ3n) is 4.51. The van der Waals surface area contributed by atoms with E-state index in [9.17, 15) is 0 Å². The first-order valence-corrected chi connectivity index (χ1v) is 8.05. The number of hydrogen-bond donors (Lipinski definition) is 1. The highest BCUT2D eigenvalue weighted by atomic mass is 16.5. The molecule has 0 aliphatic heterocycles. The van der Waals surface area contributed by atoms with Gasteiger partial charge in [-0.25, -0.2) is 0 Å². The first kappa shape index (κ1) is 15.4. The summed E-state index contributed by atoms with van der Waals surface area (Å²) in [6.07, 6.45) is 6.46.